The zero-order chi connectivity index (χ0) is 18.0. The van der Waals surface area contributed by atoms with Crippen molar-refractivity contribution in [1.29, 1.82) is 0 Å². The number of nitrogens with one attached hydrogen (secondary N) is 1. The summed E-state index contributed by atoms with van der Waals surface area (Å²) in [5.41, 5.74) is -0.500. The van der Waals surface area contributed by atoms with Crippen molar-refractivity contribution in [3.8, 4) is 11.3 Å². The van der Waals surface area contributed by atoms with Gasteiger partial charge in [-0.1, -0.05) is 12.1 Å². The first kappa shape index (κ1) is 17.5. The number of ether oxygens (including phenoxy) is 1. The lowest BCUT2D eigenvalue weighted by molar-refractivity contribution is -0.137. The molecule has 1 aliphatic heterocycles. The van der Waals surface area contributed by atoms with E-state index in [0.29, 0.717) is 6.61 Å². The Bertz CT molecular complexity index is 748. The summed E-state index contributed by atoms with van der Waals surface area (Å²) in [6.45, 7) is 2.54. The third-order valence-corrected chi connectivity index (χ3v) is 4.19. The van der Waals surface area contributed by atoms with Crippen molar-refractivity contribution in [3.05, 3.63) is 47.7 Å². The second-order valence-electron chi connectivity index (χ2n) is 6.06. The molecule has 1 amide bonds. The highest BCUT2D eigenvalue weighted by atomic mass is 19.4. The number of amides is 1. The van der Waals surface area contributed by atoms with Crippen LogP contribution in [0.25, 0.3) is 11.3 Å². The monoisotopic (exact) mass is 353 g/mol. The molecule has 1 saturated heterocycles. The summed E-state index contributed by atoms with van der Waals surface area (Å²) in [6, 6.07) is 7.56. The molecule has 7 heteroatoms. The van der Waals surface area contributed by atoms with E-state index in [1.165, 1.54) is 24.3 Å². The molecule has 2 aromatic rings. The van der Waals surface area contributed by atoms with Crippen LogP contribution in [0, 0.1) is 0 Å². The molecule has 0 unspecified atom stereocenters. The van der Waals surface area contributed by atoms with E-state index >= 15 is 0 Å². The number of furan rings is 1. The van der Waals surface area contributed by atoms with Gasteiger partial charge in [-0.2, -0.15) is 13.2 Å². The predicted octanol–water partition coefficient (Wildman–Crippen LogP) is 4.26. The first-order valence-electron chi connectivity index (χ1n) is 8.04. The average Bonchev–Trinajstić information content (AvgIpc) is 3.26. The SMILES string of the molecule is C[C@H](NC(=O)c1ccc(-c2cccc(C(F)(F)F)c2)o1)[C@@H]1CCCO1. The van der Waals surface area contributed by atoms with Gasteiger partial charge in [0.1, 0.15) is 5.76 Å². The van der Waals surface area contributed by atoms with E-state index < -0.39 is 17.6 Å². The number of alkyl halides is 3. The molecule has 0 aliphatic carbocycles. The summed E-state index contributed by atoms with van der Waals surface area (Å²) in [5.74, 6) is -0.153. The Morgan fingerprint density at radius 2 is 2.08 bits per heavy atom. The fourth-order valence-electron chi connectivity index (χ4n) is 2.83. The predicted molar refractivity (Wildman–Crippen MR) is 85.0 cm³/mol. The summed E-state index contributed by atoms with van der Waals surface area (Å²) < 4.78 is 49.4. The van der Waals surface area contributed by atoms with Crippen LogP contribution in [0.5, 0.6) is 0 Å². The Labute approximate surface area is 143 Å². The van der Waals surface area contributed by atoms with Crippen LogP contribution in [-0.4, -0.2) is 24.7 Å². The van der Waals surface area contributed by atoms with Crippen LogP contribution in [0.2, 0.25) is 0 Å². The molecule has 1 aromatic carbocycles. The Kier molecular flexibility index (Phi) is 4.85. The topological polar surface area (TPSA) is 51.5 Å². The highest BCUT2D eigenvalue weighted by Crippen LogP contribution is 2.32. The maximum atomic E-state index is 12.8. The molecule has 2 heterocycles. The van der Waals surface area contributed by atoms with Gasteiger partial charge in [-0.3, -0.25) is 4.79 Å². The van der Waals surface area contributed by atoms with Crippen molar-refractivity contribution in [3.63, 3.8) is 0 Å². The normalized spacial score (nSPS) is 19.0. The minimum atomic E-state index is -4.43. The van der Waals surface area contributed by atoms with Crippen LogP contribution in [0.3, 0.4) is 0 Å². The fraction of sp³-hybridized carbons (Fsp3) is 0.389. The summed E-state index contributed by atoms with van der Waals surface area (Å²) in [7, 11) is 0. The first-order valence-corrected chi connectivity index (χ1v) is 8.04. The Morgan fingerprint density at radius 1 is 1.28 bits per heavy atom. The molecular weight excluding hydrogens is 335 g/mol. The summed E-state index contributed by atoms with van der Waals surface area (Å²) in [5, 5.41) is 2.80. The van der Waals surface area contributed by atoms with Gasteiger partial charge >= 0.3 is 6.18 Å². The molecular formula is C18H18F3NO3. The van der Waals surface area contributed by atoms with Crippen molar-refractivity contribution >= 4 is 5.91 Å². The van der Waals surface area contributed by atoms with Crippen molar-refractivity contribution in [2.24, 2.45) is 0 Å². The Morgan fingerprint density at radius 3 is 2.76 bits per heavy atom. The lowest BCUT2D eigenvalue weighted by atomic mass is 10.1. The average molecular weight is 353 g/mol. The van der Waals surface area contributed by atoms with Crippen molar-refractivity contribution in [2.45, 2.75) is 38.1 Å². The van der Waals surface area contributed by atoms with Crippen molar-refractivity contribution in [2.75, 3.05) is 6.61 Å². The van der Waals surface area contributed by atoms with E-state index in [0.717, 1.165) is 25.0 Å². The van der Waals surface area contributed by atoms with Gasteiger partial charge in [-0.25, -0.2) is 0 Å². The molecule has 3 rings (SSSR count). The second kappa shape index (κ2) is 6.92. The molecule has 1 aromatic heterocycles. The molecule has 134 valence electrons. The quantitative estimate of drug-likeness (QED) is 0.893. The number of rotatable bonds is 4. The van der Waals surface area contributed by atoms with Gasteiger partial charge in [0.15, 0.2) is 5.76 Å². The standard InChI is InChI=1S/C18H18F3NO3/c1-11(14-6-3-9-24-14)22-17(23)16-8-7-15(25-16)12-4-2-5-13(10-12)18(19,20)21/h2,4-5,7-8,10-11,14H,3,6,9H2,1H3,(H,22,23)/t11-,14-/m0/s1. The maximum absolute atomic E-state index is 12.8. The van der Waals surface area contributed by atoms with Crippen LogP contribution in [-0.2, 0) is 10.9 Å². The summed E-state index contributed by atoms with van der Waals surface area (Å²) in [4.78, 5) is 12.2. The van der Waals surface area contributed by atoms with Gasteiger partial charge in [0.2, 0.25) is 0 Å². The highest BCUT2D eigenvalue weighted by Gasteiger charge is 2.31. The Balaban J connectivity index is 1.72. The zero-order valence-corrected chi connectivity index (χ0v) is 13.6. The maximum Gasteiger partial charge on any atom is 0.416 e. The molecule has 1 aliphatic rings. The van der Waals surface area contributed by atoms with Crippen LogP contribution < -0.4 is 5.32 Å². The largest absolute Gasteiger partial charge is 0.451 e. The van der Waals surface area contributed by atoms with Gasteiger partial charge in [0.05, 0.1) is 17.7 Å². The number of hydrogen-bond acceptors (Lipinski definition) is 3. The van der Waals surface area contributed by atoms with Crippen LogP contribution >= 0.6 is 0 Å². The van der Waals surface area contributed by atoms with E-state index in [9.17, 15) is 18.0 Å². The van der Waals surface area contributed by atoms with Gasteiger partial charge in [0.25, 0.3) is 5.91 Å². The summed E-state index contributed by atoms with van der Waals surface area (Å²) >= 11 is 0. The molecule has 0 radical (unpaired) electrons. The lowest BCUT2D eigenvalue weighted by Crippen LogP contribution is -2.40. The van der Waals surface area contributed by atoms with E-state index in [-0.39, 0.29) is 29.2 Å². The molecule has 1 fully saturated rings. The van der Waals surface area contributed by atoms with E-state index in [4.69, 9.17) is 9.15 Å². The third-order valence-electron chi connectivity index (χ3n) is 4.19. The highest BCUT2D eigenvalue weighted by molar-refractivity contribution is 5.92. The van der Waals surface area contributed by atoms with Crippen molar-refractivity contribution < 1.29 is 27.1 Å². The number of halogens is 3. The number of hydrogen-bond donors (Lipinski definition) is 1. The lowest BCUT2D eigenvalue weighted by Gasteiger charge is -2.19. The minimum absolute atomic E-state index is 0.0261. The van der Waals surface area contributed by atoms with Gasteiger partial charge in [-0.15, -0.1) is 0 Å². The molecule has 2 atom stereocenters. The zero-order valence-electron chi connectivity index (χ0n) is 13.6. The number of carbonyl (C=O) groups excluding carboxylic acids is 1. The number of benzene rings is 1. The van der Waals surface area contributed by atoms with Gasteiger partial charge < -0.3 is 14.5 Å². The van der Waals surface area contributed by atoms with Crippen LogP contribution in [0.1, 0.15) is 35.9 Å². The van der Waals surface area contributed by atoms with Crippen LogP contribution in [0.15, 0.2) is 40.8 Å². The molecule has 0 spiro atoms. The van der Waals surface area contributed by atoms with Gasteiger partial charge in [-0.05, 0) is 44.0 Å². The molecule has 0 saturated carbocycles. The number of carbonyl (C=O) groups is 1. The molecule has 4 nitrogen and oxygen atoms in total. The van der Waals surface area contributed by atoms with E-state index in [1.54, 1.807) is 0 Å². The first-order chi connectivity index (χ1) is 11.8. The molecule has 25 heavy (non-hydrogen) atoms. The van der Waals surface area contributed by atoms with E-state index in [2.05, 4.69) is 5.32 Å². The van der Waals surface area contributed by atoms with Crippen molar-refractivity contribution in [1.82, 2.24) is 5.32 Å². The second-order valence-corrected chi connectivity index (χ2v) is 6.06. The van der Waals surface area contributed by atoms with Crippen LogP contribution in [0.4, 0.5) is 13.2 Å². The fourth-order valence-corrected chi connectivity index (χ4v) is 2.83. The summed E-state index contributed by atoms with van der Waals surface area (Å²) in [6.07, 6.45) is -2.61. The van der Waals surface area contributed by atoms with Gasteiger partial charge in [0, 0.05) is 12.2 Å². The molecule has 0 bridgehead atoms. The van der Waals surface area contributed by atoms with E-state index in [1.807, 2.05) is 6.92 Å². The molecule has 1 N–H and O–H groups in total. The Hall–Kier alpha value is -2.28. The minimum Gasteiger partial charge on any atom is -0.451 e. The third kappa shape index (κ3) is 4.04. The smallest absolute Gasteiger partial charge is 0.416 e.